The van der Waals surface area contributed by atoms with E-state index in [9.17, 15) is 0 Å². The first-order chi connectivity index (χ1) is 32.7. The third-order valence-corrected chi connectivity index (χ3v) is 15.5. The Kier molecular flexibility index (Phi) is 11.0. The summed E-state index contributed by atoms with van der Waals surface area (Å²) >= 11 is 3.65. The molecule has 1 aliphatic heterocycles. The number of fused-ring (bicyclic) bond motifs is 2. The minimum absolute atomic E-state index is 0.937. The van der Waals surface area contributed by atoms with Crippen LogP contribution in [0.5, 0.6) is 0 Å². The molecule has 0 bridgehead atoms. The van der Waals surface area contributed by atoms with Crippen molar-refractivity contribution in [1.29, 1.82) is 0 Å². The van der Waals surface area contributed by atoms with E-state index in [4.69, 9.17) is 9.97 Å². The molecule has 0 spiro atoms. The van der Waals surface area contributed by atoms with E-state index in [2.05, 4.69) is 217 Å². The highest BCUT2D eigenvalue weighted by Crippen LogP contribution is 2.45. The summed E-state index contributed by atoms with van der Waals surface area (Å²) in [6, 6.07) is 57.3. The Morgan fingerprint density at radius 1 is 0.433 bits per heavy atom. The van der Waals surface area contributed by atoms with Crippen LogP contribution in [0.1, 0.15) is 55.8 Å². The maximum absolute atomic E-state index is 5.20. The van der Waals surface area contributed by atoms with Crippen molar-refractivity contribution in [2.75, 3.05) is 0 Å². The minimum Gasteiger partial charge on any atom is -0.353 e. The van der Waals surface area contributed by atoms with Crippen LogP contribution in [0.15, 0.2) is 188 Å². The molecule has 0 unspecified atom stereocenters. The zero-order valence-corrected chi connectivity index (χ0v) is 40.2. The number of rotatable bonds is 8. The molecule has 6 aromatic carbocycles. The van der Waals surface area contributed by atoms with Crippen LogP contribution < -0.4 is 5.32 Å². The third-order valence-electron chi connectivity index (χ3n) is 13.2. The van der Waals surface area contributed by atoms with Gasteiger partial charge in [0.2, 0.25) is 0 Å². The first-order valence-electron chi connectivity index (χ1n) is 22.9. The number of hydrogen-bond acceptors (Lipinski definition) is 5. The van der Waals surface area contributed by atoms with Gasteiger partial charge < -0.3 is 5.32 Å². The molecule has 67 heavy (non-hydrogen) atoms. The average Bonchev–Trinajstić information content (AvgIpc) is 3.98. The molecule has 10 aromatic rings. The van der Waals surface area contributed by atoms with E-state index in [1.807, 2.05) is 35.1 Å². The van der Waals surface area contributed by atoms with Gasteiger partial charge in [0, 0.05) is 39.0 Å². The molecule has 0 fully saturated rings. The van der Waals surface area contributed by atoms with Crippen molar-refractivity contribution in [3.63, 3.8) is 0 Å². The Morgan fingerprint density at radius 2 is 0.925 bits per heavy atom. The molecule has 0 aliphatic carbocycles. The molecule has 3 nitrogen and oxygen atoms in total. The van der Waals surface area contributed by atoms with Gasteiger partial charge in [0.15, 0.2) is 0 Å². The number of allylic oxidation sites excluding steroid dienone is 3. The Balaban J connectivity index is 1.17. The van der Waals surface area contributed by atoms with Crippen LogP contribution in [0.3, 0.4) is 0 Å². The molecule has 1 aliphatic rings. The maximum Gasteiger partial charge on any atom is 0.104 e. The predicted octanol–water partition coefficient (Wildman–Crippen LogP) is 16.9. The van der Waals surface area contributed by atoms with E-state index in [0.717, 1.165) is 66.4 Å². The van der Waals surface area contributed by atoms with Crippen LogP contribution in [0.4, 0.5) is 0 Å². The summed E-state index contributed by atoms with van der Waals surface area (Å²) in [6.45, 7) is 13.3. The summed E-state index contributed by atoms with van der Waals surface area (Å²) in [5.41, 5.74) is 23.0. The lowest BCUT2D eigenvalue weighted by Crippen LogP contribution is -2.18. The first kappa shape index (κ1) is 42.2. The van der Waals surface area contributed by atoms with Gasteiger partial charge in [0.05, 0.1) is 20.8 Å². The van der Waals surface area contributed by atoms with Crippen molar-refractivity contribution < 1.29 is 0 Å². The van der Waals surface area contributed by atoms with Gasteiger partial charge in [0.1, 0.15) is 5.69 Å². The normalized spacial score (nSPS) is 13.4. The van der Waals surface area contributed by atoms with Crippen molar-refractivity contribution >= 4 is 59.7 Å². The van der Waals surface area contributed by atoms with Crippen LogP contribution in [0.2, 0.25) is 0 Å². The fourth-order valence-electron chi connectivity index (χ4n) is 9.96. The highest BCUT2D eigenvalue weighted by Gasteiger charge is 2.25. The van der Waals surface area contributed by atoms with Gasteiger partial charge in [-0.05, 0) is 185 Å². The Labute approximate surface area is 401 Å². The number of hydrogen-bond donors (Lipinski definition) is 1. The third kappa shape index (κ3) is 7.84. The van der Waals surface area contributed by atoms with Crippen molar-refractivity contribution in [3.8, 4) is 43.3 Å². The van der Waals surface area contributed by atoms with Gasteiger partial charge in [-0.2, -0.15) is 0 Å². The van der Waals surface area contributed by atoms with Gasteiger partial charge in [-0.25, -0.2) is 0 Å². The Bertz CT molecular complexity index is 3600. The number of dihydropyridines is 1. The second-order valence-corrected chi connectivity index (χ2v) is 19.9. The molecule has 5 heteroatoms. The average molecular weight is 900 g/mol. The second kappa shape index (κ2) is 17.4. The zero-order chi connectivity index (χ0) is 45.8. The monoisotopic (exact) mass is 899 g/mol. The zero-order valence-electron chi connectivity index (χ0n) is 38.5. The van der Waals surface area contributed by atoms with Crippen molar-refractivity contribution in [3.05, 3.63) is 244 Å². The van der Waals surface area contributed by atoms with Crippen molar-refractivity contribution in [2.45, 2.75) is 41.5 Å². The lowest BCUT2D eigenvalue weighted by molar-refractivity contribution is 1.10. The number of pyridine rings is 2. The molecule has 11 rings (SSSR count). The number of nitrogens with zero attached hydrogens (tertiary/aromatic N) is 2. The summed E-state index contributed by atoms with van der Waals surface area (Å²) in [5, 5.41) is 6.44. The van der Waals surface area contributed by atoms with Gasteiger partial charge in [-0.15, -0.1) is 22.7 Å². The van der Waals surface area contributed by atoms with Crippen LogP contribution in [0.25, 0.3) is 80.3 Å². The van der Waals surface area contributed by atoms with Crippen molar-refractivity contribution in [1.82, 2.24) is 15.3 Å². The quantitative estimate of drug-likeness (QED) is 0.165. The van der Waals surface area contributed by atoms with Gasteiger partial charge >= 0.3 is 0 Å². The molecular formula is C62H49N3S2. The Morgan fingerprint density at radius 3 is 1.49 bits per heavy atom. The number of benzene rings is 6. The largest absolute Gasteiger partial charge is 0.353 e. The van der Waals surface area contributed by atoms with Gasteiger partial charge in [0.25, 0.3) is 0 Å². The molecule has 0 saturated carbocycles. The van der Waals surface area contributed by atoms with Crippen LogP contribution in [-0.2, 0) is 0 Å². The molecular weight excluding hydrogens is 851 g/mol. The van der Waals surface area contributed by atoms with Crippen molar-refractivity contribution in [2.24, 2.45) is 0 Å². The van der Waals surface area contributed by atoms with Crippen LogP contribution >= 0.6 is 22.7 Å². The SMILES string of the molecule is Cc1cccc(C)c1C(=C1C=C(c2ccccc2)C=C(c2nccc3cc(-c4c(C)cccc4C)sc23)N1)c1cc(-c2ccccc2)cc(-c2nccc3cc(-c4c(C)cccc4C)sc23)c1. The number of thiophene rings is 2. The molecule has 0 radical (unpaired) electrons. The predicted molar refractivity (Wildman–Crippen MR) is 287 cm³/mol. The van der Waals surface area contributed by atoms with E-state index in [0.29, 0.717) is 0 Å². The fourth-order valence-corrected chi connectivity index (χ4v) is 12.6. The summed E-state index contributed by atoms with van der Waals surface area (Å²) in [4.78, 5) is 12.9. The molecule has 0 atom stereocenters. The van der Waals surface area contributed by atoms with E-state index >= 15 is 0 Å². The number of aryl methyl sites for hydroxylation is 6. The number of nitrogens with one attached hydrogen (secondary N) is 1. The lowest BCUT2D eigenvalue weighted by atomic mass is 9.85. The molecule has 1 N–H and O–H groups in total. The first-order valence-corrected chi connectivity index (χ1v) is 24.5. The maximum atomic E-state index is 5.20. The number of aromatic nitrogens is 2. The molecule has 5 heterocycles. The van der Waals surface area contributed by atoms with E-state index in [-0.39, 0.29) is 0 Å². The summed E-state index contributed by atoms with van der Waals surface area (Å²) in [7, 11) is 0. The highest BCUT2D eigenvalue weighted by molar-refractivity contribution is 7.23. The highest BCUT2D eigenvalue weighted by atomic mass is 32.1. The summed E-state index contributed by atoms with van der Waals surface area (Å²) in [5.74, 6) is 0. The molecule has 4 aromatic heterocycles. The van der Waals surface area contributed by atoms with Gasteiger partial charge in [-0.1, -0.05) is 115 Å². The molecule has 0 amide bonds. The van der Waals surface area contributed by atoms with E-state index < -0.39 is 0 Å². The smallest absolute Gasteiger partial charge is 0.104 e. The van der Waals surface area contributed by atoms with E-state index in [1.54, 1.807) is 0 Å². The molecule has 0 saturated heterocycles. The topological polar surface area (TPSA) is 37.8 Å². The van der Waals surface area contributed by atoms with Gasteiger partial charge in [-0.3, -0.25) is 9.97 Å². The standard InChI is InChI=1S/C62H49N3S2/c1-37-16-13-17-38(2)55(37)53-35-45-26-28-63-59(61(45)66-53)50-31-47(43-22-9-7-10-23-43)30-49(32-50)58(57-41(5)20-15-21-42(57)6)51-33-48(44-24-11-8-12-25-44)34-52(65-51)60-62-46(27-29-64-60)36-54(67-62)56-39(3)18-14-19-40(56)4/h7-36,65H,1-6H3. The summed E-state index contributed by atoms with van der Waals surface area (Å²) in [6.07, 6.45) is 8.54. The lowest BCUT2D eigenvalue weighted by Gasteiger charge is -2.25. The van der Waals surface area contributed by atoms with E-state index in [1.165, 1.54) is 75.3 Å². The van der Waals surface area contributed by atoms with Crippen LogP contribution in [-0.4, -0.2) is 9.97 Å². The summed E-state index contributed by atoms with van der Waals surface area (Å²) < 4.78 is 2.34. The Hall–Kier alpha value is -7.44. The molecule has 324 valence electrons. The van der Waals surface area contributed by atoms with Crippen LogP contribution in [0, 0.1) is 41.5 Å². The fraction of sp³-hybridized carbons (Fsp3) is 0.0968. The minimum atomic E-state index is 0.937. The second-order valence-electron chi connectivity index (χ2n) is 17.8.